The first-order chi connectivity index (χ1) is 9.70. The Morgan fingerprint density at radius 3 is 2.60 bits per heavy atom. The summed E-state index contributed by atoms with van der Waals surface area (Å²) >= 11 is 0. The van der Waals surface area contributed by atoms with Gasteiger partial charge in [0, 0.05) is 18.6 Å². The molecule has 0 aliphatic heterocycles. The third-order valence-electron chi connectivity index (χ3n) is 5.62. The van der Waals surface area contributed by atoms with Crippen LogP contribution < -0.4 is 5.32 Å². The van der Waals surface area contributed by atoms with Crippen molar-refractivity contribution in [2.24, 2.45) is 11.8 Å². The number of hydrogen-bond acceptors (Lipinski definition) is 2. The van der Waals surface area contributed by atoms with Crippen LogP contribution >= 0.6 is 0 Å². The van der Waals surface area contributed by atoms with Gasteiger partial charge in [0.05, 0.1) is 0 Å². The summed E-state index contributed by atoms with van der Waals surface area (Å²) < 4.78 is 0. The zero-order valence-electron chi connectivity index (χ0n) is 14.0. The molecule has 2 nitrogen and oxygen atoms in total. The van der Waals surface area contributed by atoms with E-state index in [1.165, 1.54) is 70.9 Å². The van der Waals surface area contributed by atoms with Crippen LogP contribution in [0.5, 0.6) is 0 Å². The summed E-state index contributed by atoms with van der Waals surface area (Å²) in [6.45, 7) is 7.23. The Kier molecular flexibility index (Phi) is 6.83. The molecule has 2 aliphatic carbocycles. The summed E-state index contributed by atoms with van der Waals surface area (Å²) in [7, 11) is 2.38. The van der Waals surface area contributed by atoms with E-state index in [9.17, 15) is 0 Å². The van der Waals surface area contributed by atoms with E-state index in [0.717, 1.165) is 23.9 Å². The van der Waals surface area contributed by atoms with Crippen LogP contribution in [0.4, 0.5) is 0 Å². The van der Waals surface area contributed by atoms with Gasteiger partial charge in [0.1, 0.15) is 0 Å². The van der Waals surface area contributed by atoms with Gasteiger partial charge in [-0.05, 0) is 57.5 Å². The van der Waals surface area contributed by atoms with Crippen LogP contribution in [0.15, 0.2) is 0 Å². The molecule has 2 aliphatic rings. The van der Waals surface area contributed by atoms with E-state index < -0.39 is 0 Å². The van der Waals surface area contributed by atoms with Crippen LogP contribution in [-0.2, 0) is 0 Å². The van der Waals surface area contributed by atoms with Gasteiger partial charge in [-0.15, -0.1) is 0 Å². The third kappa shape index (κ3) is 4.73. The summed E-state index contributed by atoms with van der Waals surface area (Å²) in [6, 6.07) is 1.64. The van der Waals surface area contributed by atoms with Crippen LogP contribution in [0.25, 0.3) is 0 Å². The summed E-state index contributed by atoms with van der Waals surface area (Å²) in [5.74, 6) is 1.83. The molecular formula is C18H36N2. The molecule has 2 rings (SSSR count). The van der Waals surface area contributed by atoms with Crippen molar-refractivity contribution in [1.82, 2.24) is 10.2 Å². The predicted octanol–water partition coefficient (Wildman–Crippen LogP) is 4.06. The maximum absolute atomic E-state index is 3.81. The molecule has 0 bridgehead atoms. The van der Waals surface area contributed by atoms with Crippen LogP contribution in [0.2, 0.25) is 0 Å². The molecular weight excluding hydrogens is 244 g/mol. The minimum atomic E-state index is 0.784. The van der Waals surface area contributed by atoms with Gasteiger partial charge in [-0.1, -0.05) is 39.5 Å². The Balaban J connectivity index is 1.82. The molecule has 0 amide bonds. The van der Waals surface area contributed by atoms with Crippen molar-refractivity contribution >= 4 is 0 Å². The van der Waals surface area contributed by atoms with Gasteiger partial charge in [-0.2, -0.15) is 0 Å². The lowest BCUT2D eigenvalue weighted by Gasteiger charge is -2.40. The van der Waals surface area contributed by atoms with Gasteiger partial charge in [0.15, 0.2) is 0 Å². The second-order valence-electron chi connectivity index (χ2n) is 7.47. The molecule has 4 atom stereocenters. The monoisotopic (exact) mass is 280 g/mol. The Morgan fingerprint density at radius 2 is 1.85 bits per heavy atom. The molecule has 0 radical (unpaired) electrons. The number of nitrogens with zero attached hydrogens (tertiary/aromatic N) is 1. The summed E-state index contributed by atoms with van der Waals surface area (Å²) in [4.78, 5) is 2.70. The number of nitrogens with one attached hydrogen (secondary N) is 1. The van der Waals surface area contributed by atoms with Crippen molar-refractivity contribution < 1.29 is 0 Å². The molecule has 4 unspecified atom stereocenters. The highest BCUT2D eigenvalue weighted by atomic mass is 15.1. The minimum absolute atomic E-state index is 0.784. The molecule has 0 saturated heterocycles. The van der Waals surface area contributed by atoms with Crippen molar-refractivity contribution in [2.75, 3.05) is 20.1 Å². The predicted molar refractivity (Wildman–Crippen MR) is 88.1 cm³/mol. The molecule has 0 aromatic carbocycles. The van der Waals surface area contributed by atoms with Crippen molar-refractivity contribution in [3.8, 4) is 0 Å². The second-order valence-corrected chi connectivity index (χ2v) is 7.47. The topological polar surface area (TPSA) is 15.3 Å². The maximum Gasteiger partial charge on any atom is 0.0107 e. The van der Waals surface area contributed by atoms with E-state index in [4.69, 9.17) is 0 Å². The Bertz CT molecular complexity index is 266. The highest BCUT2D eigenvalue weighted by Crippen LogP contribution is 2.30. The fraction of sp³-hybridized carbons (Fsp3) is 1.00. The van der Waals surface area contributed by atoms with Gasteiger partial charge < -0.3 is 10.2 Å². The SMILES string of the molecule is CCCNC1CCCCC1CN(C)C1CCCC(C)C1. The van der Waals surface area contributed by atoms with Crippen LogP contribution in [0, 0.1) is 11.8 Å². The zero-order chi connectivity index (χ0) is 14.4. The number of rotatable bonds is 6. The van der Waals surface area contributed by atoms with Gasteiger partial charge in [-0.3, -0.25) is 0 Å². The smallest absolute Gasteiger partial charge is 0.0107 e. The average Bonchev–Trinajstić information content (AvgIpc) is 2.46. The maximum atomic E-state index is 3.81. The second kappa shape index (κ2) is 8.38. The summed E-state index contributed by atoms with van der Waals surface area (Å²) in [5.41, 5.74) is 0. The molecule has 2 fully saturated rings. The lowest BCUT2D eigenvalue weighted by Crippen LogP contribution is -2.46. The normalized spacial score (nSPS) is 35.4. The van der Waals surface area contributed by atoms with Gasteiger partial charge in [0.2, 0.25) is 0 Å². The molecule has 118 valence electrons. The first-order valence-corrected chi connectivity index (χ1v) is 9.14. The van der Waals surface area contributed by atoms with E-state index in [2.05, 4.69) is 31.1 Å². The van der Waals surface area contributed by atoms with Gasteiger partial charge >= 0.3 is 0 Å². The molecule has 20 heavy (non-hydrogen) atoms. The minimum Gasteiger partial charge on any atom is -0.314 e. The Morgan fingerprint density at radius 1 is 1.05 bits per heavy atom. The highest BCUT2D eigenvalue weighted by Gasteiger charge is 2.29. The largest absolute Gasteiger partial charge is 0.314 e. The lowest BCUT2D eigenvalue weighted by atomic mass is 9.82. The standard InChI is InChI=1S/C18H36N2/c1-4-12-19-18-11-6-5-9-16(18)14-20(3)17-10-7-8-15(2)13-17/h15-19H,4-14H2,1-3H3. The first kappa shape index (κ1) is 16.3. The molecule has 2 heteroatoms. The van der Waals surface area contributed by atoms with Crippen molar-refractivity contribution in [3.05, 3.63) is 0 Å². The van der Waals surface area contributed by atoms with E-state index in [0.29, 0.717) is 0 Å². The molecule has 1 N–H and O–H groups in total. The van der Waals surface area contributed by atoms with E-state index in [1.54, 1.807) is 0 Å². The number of hydrogen-bond donors (Lipinski definition) is 1. The summed E-state index contributed by atoms with van der Waals surface area (Å²) in [5, 5.41) is 3.81. The third-order valence-corrected chi connectivity index (χ3v) is 5.62. The van der Waals surface area contributed by atoms with Crippen LogP contribution in [0.3, 0.4) is 0 Å². The molecule has 0 aromatic rings. The fourth-order valence-corrected chi connectivity index (χ4v) is 4.35. The Labute approximate surface area is 126 Å². The van der Waals surface area contributed by atoms with Crippen molar-refractivity contribution in [2.45, 2.75) is 83.7 Å². The Hall–Kier alpha value is -0.0800. The molecule has 0 heterocycles. The molecule has 0 aromatic heterocycles. The van der Waals surface area contributed by atoms with Gasteiger partial charge in [0.25, 0.3) is 0 Å². The van der Waals surface area contributed by atoms with Crippen LogP contribution in [0.1, 0.15) is 71.6 Å². The van der Waals surface area contributed by atoms with Gasteiger partial charge in [-0.25, -0.2) is 0 Å². The van der Waals surface area contributed by atoms with Crippen LogP contribution in [-0.4, -0.2) is 37.1 Å². The summed E-state index contributed by atoms with van der Waals surface area (Å²) in [6.07, 6.45) is 12.7. The van der Waals surface area contributed by atoms with E-state index >= 15 is 0 Å². The lowest BCUT2D eigenvalue weighted by molar-refractivity contribution is 0.117. The quantitative estimate of drug-likeness (QED) is 0.789. The molecule has 0 spiro atoms. The van der Waals surface area contributed by atoms with E-state index in [-0.39, 0.29) is 0 Å². The average molecular weight is 280 g/mol. The van der Waals surface area contributed by atoms with E-state index in [1.807, 2.05) is 0 Å². The fourth-order valence-electron chi connectivity index (χ4n) is 4.35. The first-order valence-electron chi connectivity index (χ1n) is 9.14. The highest BCUT2D eigenvalue weighted by molar-refractivity contribution is 4.85. The van der Waals surface area contributed by atoms with Crippen molar-refractivity contribution in [1.29, 1.82) is 0 Å². The molecule has 2 saturated carbocycles. The van der Waals surface area contributed by atoms with Crippen molar-refractivity contribution in [3.63, 3.8) is 0 Å². The zero-order valence-corrected chi connectivity index (χ0v) is 14.0.